The van der Waals surface area contributed by atoms with Gasteiger partial charge in [0.05, 0.1) is 5.69 Å². The molecule has 1 aromatic heterocycles. The normalized spacial score (nSPS) is 13.3. The third-order valence-electron chi connectivity index (χ3n) is 4.71. The van der Waals surface area contributed by atoms with Crippen molar-refractivity contribution in [3.63, 3.8) is 0 Å². The van der Waals surface area contributed by atoms with E-state index in [1.807, 2.05) is 36.4 Å². The highest BCUT2D eigenvalue weighted by molar-refractivity contribution is 6.30. The van der Waals surface area contributed by atoms with Gasteiger partial charge in [0.2, 0.25) is 0 Å². The third kappa shape index (κ3) is 5.03. The minimum Gasteiger partial charge on any atom is -0.484 e. The summed E-state index contributed by atoms with van der Waals surface area (Å²) in [6.45, 7) is 1.98. The van der Waals surface area contributed by atoms with E-state index in [0.717, 1.165) is 30.2 Å². The number of amides is 1. The van der Waals surface area contributed by atoms with Crippen molar-refractivity contribution in [1.29, 1.82) is 0 Å². The van der Waals surface area contributed by atoms with Gasteiger partial charge in [-0.05, 0) is 61.4 Å². The second-order valence-corrected chi connectivity index (χ2v) is 7.28. The average Bonchev–Trinajstić information content (AvgIpc) is 3.29. The van der Waals surface area contributed by atoms with Gasteiger partial charge in [-0.3, -0.25) is 4.79 Å². The van der Waals surface area contributed by atoms with Gasteiger partial charge in [0.1, 0.15) is 5.75 Å². The largest absolute Gasteiger partial charge is 0.484 e. The van der Waals surface area contributed by atoms with E-state index in [1.54, 1.807) is 24.3 Å². The fraction of sp³-hybridized carbons (Fsp3) is 0.227. The zero-order valence-electron chi connectivity index (χ0n) is 15.8. The first kappa shape index (κ1) is 19.2. The summed E-state index contributed by atoms with van der Waals surface area (Å²) in [4.78, 5) is 14.4. The molecule has 0 spiro atoms. The number of anilines is 2. The van der Waals surface area contributed by atoms with E-state index in [4.69, 9.17) is 16.3 Å². The molecule has 4 rings (SSSR count). The zero-order chi connectivity index (χ0) is 20.1. The van der Waals surface area contributed by atoms with Crippen molar-refractivity contribution in [1.82, 2.24) is 10.2 Å². The monoisotopic (exact) mass is 408 g/mol. The Bertz CT molecular complexity index is 971. The first-order valence-corrected chi connectivity index (χ1v) is 9.92. The van der Waals surface area contributed by atoms with Gasteiger partial charge in [-0.2, -0.15) is 0 Å². The Morgan fingerprint density at radius 1 is 1.03 bits per heavy atom. The molecule has 0 saturated carbocycles. The van der Waals surface area contributed by atoms with Crippen molar-refractivity contribution in [2.24, 2.45) is 0 Å². The van der Waals surface area contributed by atoms with Gasteiger partial charge in [-0.1, -0.05) is 23.7 Å². The maximum absolute atomic E-state index is 12.2. The smallest absolute Gasteiger partial charge is 0.262 e. The van der Waals surface area contributed by atoms with E-state index in [0.29, 0.717) is 16.5 Å². The van der Waals surface area contributed by atoms with Gasteiger partial charge in [-0.25, -0.2) is 0 Å². The van der Waals surface area contributed by atoms with Crippen molar-refractivity contribution < 1.29 is 9.53 Å². The molecular formula is C22H21ClN4O2. The van der Waals surface area contributed by atoms with Crippen LogP contribution in [-0.4, -0.2) is 35.8 Å². The number of nitrogens with one attached hydrogen (secondary N) is 1. The van der Waals surface area contributed by atoms with Crippen molar-refractivity contribution in [3.8, 4) is 17.0 Å². The summed E-state index contributed by atoms with van der Waals surface area (Å²) >= 11 is 5.84. The van der Waals surface area contributed by atoms with Crippen LogP contribution in [0.25, 0.3) is 11.3 Å². The molecule has 1 N–H and O–H groups in total. The fourth-order valence-electron chi connectivity index (χ4n) is 3.23. The second kappa shape index (κ2) is 8.92. The Balaban J connectivity index is 1.37. The molecule has 0 unspecified atom stereocenters. The fourth-order valence-corrected chi connectivity index (χ4v) is 3.35. The molecule has 1 saturated heterocycles. The third-order valence-corrected chi connectivity index (χ3v) is 4.96. The molecule has 0 atom stereocenters. The van der Waals surface area contributed by atoms with Crippen molar-refractivity contribution in [2.75, 3.05) is 29.9 Å². The Labute approximate surface area is 174 Å². The number of nitrogens with zero attached hydrogens (tertiary/aromatic N) is 3. The number of benzene rings is 2. The summed E-state index contributed by atoms with van der Waals surface area (Å²) in [5.41, 5.74) is 2.33. The highest BCUT2D eigenvalue weighted by Crippen LogP contribution is 2.23. The van der Waals surface area contributed by atoms with E-state index in [2.05, 4.69) is 20.4 Å². The highest BCUT2D eigenvalue weighted by Gasteiger charge is 2.14. The molecule has 2 aromatic carbocycles. The number of ether oxygens (including phenoxy) is 1. The molecule has 1 fully saturated rings. The van der Waals surface area contributed by atoms with Gasteiger partial charge in [-0.15, -0.1) is 10.2 Å². The topological polar surface area (TPSA) is 67.3 Å². The summed E-state index contributed by atoms with van der Waals surface area (Å²) in [6, 6.07) is 18.4. The molecule has 7 heteroatoms. The number of rotatable bonds is 6. The van der Waals surface area contributed by atoms with Gasteiger partial charge in [0.25, 0.3) is 5.91 Å². The first-order chi connectivity index (χ1) is 14.2. The standard InChI is InChI=1S/C22H21ClN4O2/c23-17-6-8-19(9-7-17)29-15-22(28)24-18-5-3-4-16(14-18)20-10-11-21(26-25-20)27-12-1-2-13-27/h3-11,14H,1-2,12-13,15H2,(H,24,28). The molecular weight excluding hydrogens is 388 g/mol. The van der Waals surface area contributed by atoms with Crippen LogP contribution in [0.4, 0.5) is 11.5 Å². The van der Waals surface area contributed by atoms with Crippen molar-refractivity contribution in [3.05, 3.63) is 65.7 Å². The van der Waals surface area contributed by atoms with E-state index in [-0.39, 0.29) is 12.5 Å². The van der Waals surface area contributed by atoms with E-state index < -0.39 is 0 Å². The van der Waals surface area contributed by atoms with E-state index >= 15 is 0 Å². The predicted octanol–water partition coefficient (Wildman–Crippen LogP) is 4.41. The Morgan fingerprint density at radius 2 is 1.83 bits per heavy atom. The van der Waals surface area contributed by atoms with Crippen LogP contribution in [0.2, 0.25) is 5.02 Å². The quantitative estimate of drug-likeness (QED) is 0.654. The Kier molecular flexibility index (Phi) is 5.91. The molecule has 3 aromatic rings. The predicted molar refractivity (Wildman–Crippen MR) is 114 cm³/mol. The van der Waals surface area contributed by atoms with Crippen LogP contribution in [0.5, 0.6) is 5.75 Å². The van der Waals surface area contributed by atoms with Crippen molar-refractivity contribution in [2.45, 2.75) is 12.8 Å². The lowest BCUT2D eigenvalue weighted by molar-refractivity contribution is -0.118. The molecule has 0 bridgehead atoms. The average molecular weight is 409 g/mol. The second-order valence-electron chi connectivity index (χ2n) is 6.84. The summed E-state index contributed by atoms with van der Waals surface area (Å²) in [5.74, 6) is 1.26. The van der Waals surface area contributed by atoms with Gasteiger partial charge in [0, 0.05) is 29.4 Å². The molecule has 6 nitrogen and oxygen atoms in total. The number of carbonyl (C=O) groups excluding carboxylic acids is 1. The van der Waals surface area contributed by atoms with Gasteiger partial charge >= 0.3 is 0 Å². The maximum Gasteiger partial charge on any atom is 0.262 e. The number of hydrogen-bond acceptors (Lipinski definition) is 5. The Morgan fingerprint density at radius 3 is 2.55 bits per heavy atom. The van der Waals surface area contributed by atoms with Crippen LogP contribution in [0.1, 0.15) is 12.8 Å². The molecule has 1 amide bonds. The van der Waals surface area contributed by atoms with Gasteiger partial charge in [0.15, 0.2) is 12.4 Å². The summed E-state index contributed by atoms with van der Waals surface area (Å²) in [5, 5.41) is 12.2. The van der Waals surface area contributed by atoms with Crippen LogP contribution < -0.4 is 15.0 Å². The first-order valence-electron chi connectivity index (χ1n) is 9.55. The number of halogens is 1. The number of carbonyl (C=O) groups is 1. The molecule has 29 heavy (non-hydrogen) atoms. The zero-order valence-corrected chi connectivity index (χ0v) is 16.6. The number of aromatic nitrogens is 2. The molecule has 148 valence electrons. The lowest BCUT2D eigenvalue weighted by Crippen LogP contribution is -2.20. The molecule has 2 heterocycles. The van der Waals surface area contributed by atoms with E-state index in [1.165, 1.54) is 12.8 Å². The maximum atomic E-state index is 12.2. The van der Waals surface area contributed by atoms with Crippen LogP contribution in [-0.2, 0) is 4.79 Å². The van der Waals surface area contributed by atoms with Crippen LogP contribution in [0.3, 0.4) is 0 Å². The minimum atomic E-state index is -0.243. The molecule has 0 radical (unpaired) electrons. The molecule has 1 aliphatic rings. The van der Waals surface area contributed by atoms with Crippen LogP contribution in [0, 0.1) is 0 Å². The lowest BCUT2D eigenvalue weighted by Gasteiger charge is -2.15. The summed E-state index contributed by atoms with van der Waals surface area (Å²) < 4.78 is 5.47. The molecule has 0 aliphatic carbocycles. The SMILES string of the molecule is O=C(COc1ccc(Cl)cc1)Nc1cccc(-c2ccc(N3CCCC3)nn2)c1. The summed E-state index contributed by atoms with van der Waals surface area (Å²) in [7, 11) is 0. The molecule has 1 aliphatic heterocycles. The lowest BCUT2D eigenvalue weighted by atomic mass is 10.1. The summed E-state index contributed by atoms with van der Waals surface area (Å²) in [6.07, 6.45) is 2.40. The van der Waals surface area contributed by atoms with Crippen molar-refractivity contribution >= 4 is 29.0 Å². The number of hydrogen-bond donors (Lipinski definition) is 1. The van der Waals surface area contributed by atoms with E-state index in [9.17, 15) is 4.79 Å². The van der Waals surface area contributed by atoms with Gasteiger partial charge < -0.3 is 15.0 Å². The minimum absolute atomic E-state index is 0.0871. The van der Waals surface area contributed by atoms with Crippen LogP contribution >= 0.6 is 11.6 Å². The Hall–Kier alpha value is -3.12. The van der Waals surface area contributed by atoms with Crippen LogP contribution in [0.15, 0.2) is 60.7 Å². The highest BCUT2D eigenvalue weighted by atomic mass is 35.5.